The van der Waals surface area contributed by atoms with Gasteiger partial charge in [0.15, 0.2) is 0 Å². The van der Waals surface area contributed by atoms with Crippen LogP contribution in [0.3, 0.4) is 0 Å². The summed E-state index contributed by atoms with van der Waals surface area (Å²) in [6, 6.07) is 14.1. The molecule has 0 aliphatic rings. The van der Waals surface area contributed by atoms with Crippen molar-refractivity contribution in [1.82, 2.24) is 19.7 Å². The van der Waals surface area contributed by atoms with Crippen molar-refractivity contribution in [1.29, 1.82) is 0 Å². The van der Waals surface area contributed by atoms with E-state index in [1.807, 2.05) is 31.2 Å². The maximum absolute atomic E-state index is 13.1. The molecule has 29 heavy (non-hydrogen) atoms. The minimum atomic E-state index is -0.729. The molecular weight excluding hydrogens is 372 g/mol. The lowest BCUT2D eigenvalue weighted by atomic mass is 10.1. The zero-order valence-electron chi connectivity index (χ0n) is 16.5. The van der Waals surface area contributed by atoms with Crippen molar-refractivity contribution in [3.63, 3.8) is 0 Å². The minimum absolute atomic E-state index is 0.0322. The molecule has 8 heteroatoms. The lowest BCUT2D eigenvalue weighted by molar-refractivity contribution is 0.0946. The first-order chi connectivity index (χ1) is 13.9. The number of carbonyl (C=O) groups is 1. The van der Waals surface area contributed by atoms with Gasteiger partial charge in [0.2, 0.25) is 5.69 Å². The van der Waals surface area contributed by atoms with E-state index in [4.69, 9.17) is 4.74 Å². The fourth-order valence-electron chi connectivity index (χ4n) is 2.93. The van der Waals surface area contributed by atoms with Crippen molar-refractivity contribution < 1.29 is 9.53 Å². The predicted molar refractivity (Wildman–Crippen MR) is 109 cm³/mol. The summed E-state index contributed by atoms with van der Waals surface area (Å²) in [7, 11) is 1.54. The Morgan fingerprint density at radius 1 is 1.14 bits per heavy atom. The summed E-state index contributed by atoms with van der Waals surface area (Å²) in [5, 5.41) is 6.62. The molecule has 0 unspecified atom stereocenters. The summed E-state index contributed by atoms with van der Waals surface area (Å²) in [4.78, 5) is 38.3. The average Bonchev–Trinajstić information content (AvgIpc) is 2.71. The first-order valence-corrected chi connectivity index (χ1v) is 9.17. The molecule has 3 rings (SSSR count). The minimum Gasteiger partial charge on any atom is -0.497 e. The maximum Gasteiger partial charge on any atom is 0.352 e. The van der Waals surface area contributed by atoms with E-state index in [0.29, 0.717) is 18.0 Å². The Kier molecular flexibility index (Phi) is 5.92. The van der Waals surface area contributed by atoms with Crippen LogP contribution in [0.2, 0.25) is 0 Å². The van der Waals surface area contributed by atoms with Crippen molar-refractivity contribution in [3.8, 4) is 11.4 Å². The van der Waals surface area contributed by atoms with E-state index >= 15 is 0 Å². The first kappa shape index (κ1) is 20.1. The number of carbonyl (C=O) groups excluding carboxylic acids is 1. The van der Waals surface area contributed by atoms with E-state index in [9.17, 15) is 14.4 Å². The average molecular weight is 394 g/mol. The molecule has 0 aliphatic carbocycles. The van der Waals surface area contributed by atoms with E-state index in [1.165, 1.54) is 7.11 Å². The molecule has 1 amide bonds. The van der Waals surface area contributed by atoms with Crippen LogP contribution in [0.1, 0.15) is 28.5 Å². The smallest absolute Gasteiger partial charge is 0.352 e. The zero-order chi connectivity index (χ0) is 21.0. The van der Waals surface area contributed by atoms with E-state index in [0.717, 1.165) is 20.4 Å². The van der Waals surface area contributed by atoms with Gasteiger partial charge in [-0.3, -0.25) is 14.2 Å². The van der Waals surface area contributed by atoms with Crippen molar-refractivity contribution in [2.75, 3.05) is 13.7 Å². The van der Waals surface area contributed by atoms with E-state index in [1.54, 1.807) is 31.2 Å². The standard InChI is InChI=1S/C21H22N4O4/c1-4-22-19(26)18-20(27)24(13-15-7-5-6-14(2)12-15)21(28)25(23-18)16-8-10-17(29-3)11-9-16/h5-12H,4,13H2,1-3H3,(H,22,26). The third-order valence-corrected chi connectivity index (χ3v) is 4.35. The number of methoxy groups -OCH3 is 1. The number of rotatable bonds is 6. The van der Waals surface area contributed by atoms with Gasteiger partial charge in [0, 0.05) is 6.54 Å². The number of hydrogen-bond acceptors (Lipinski definition) is 5. The van der Waals surface area contributed by atoms with Gasteiger partial charge in [0.1, 0.15) is 5.75 Å². The molecule has 0 saturated heterocycles. The molecule has 1 heterocycles. The highest BCUT2D eigenvalue weighted by molar-refractivity contribution is 5.91. The number of amides is 1. The predicted octanol–water partition coefficient (Wildman–Crippen LogP) is 1.51. The molecule has 0 bridgehead atoms. The monoisotopic (exact) mass is 394 g/mol. The van der Waals surface area contributed by atoms with E-state index in [2.05, 4.69) is 10.4 Å². The van der Waals surface area contributed by atoms with E-state index < -0.39 is 17.2 Å². The van der Waals surface area contributed by atoms with Crippen LogP contribution in [0.5, 0.6) is 5.75 Å². The van der Waals surface area contributed by atoms with Crippen molar-refractivity contribution in [2.45, 2.75) is 20.4 Å². The van der Waals surface area contributed by atoms with Crippen molar-refractivity contribution >= 4 is 5.91 Å². The third kappa shape index (κ3) is 4.26. The molecule has 1 aromatic heterocycles. The molecule has 0 saturated carbocycles. The lowest BCUT2D eigenvalue weighted by Crippen LogP contribution is -2.46. The van der Waals surface area contributed by atoms with Crippen molar-refractivity contribution in [2.24, 2.45) is 0 Å². The van der Waals surface area contributed by atoms with Gasteiger partial charge in [-0.2, -0.15) is 9.78 Å². The molecule has 0 atom stereocenters. The third-order valence-electron chi connectivity index (χ3n) is 4.35. The highest BCUT2D eigenvalue weighted by atomic mass is 16.5. The second-order valence-electron chi connectivity index (χ2n) is 6.48. The van der Waals surface area contributed by atoms with Crippen LogP contribution < -0.4 is 21.3 Å². The Balaban J connectivity index is 2.19. The highest BCUT2D eigenvalue weighted by Gasteiger charge is 2.20. The quantitative estimate of drug-likeness (QED) is 0.684. The van der Waals surface area contributed by atoms with Gasteiger partial charge >= 0.3 is 5.69 Å². The van der Waals surface area contributed by atoms with Gasteiger partial charge in [-0.05, 0) is 43.7 Å². The van der Waals surface area contributed by atoms with Gasteiger partial charge in [-0.1, -0.05) is 29.8 Å². The van der Waals surface area contributed by atoms with Gasteiger partial charge < -0.3 is 10.1 Å². The summed E-state index contributed by atoms with van der Waals surface area (Å²) >= 11 is 0. The normalized spacial score (nSPS) is 10.6. The maximum atomic E-state index is 13.1. The number of ether oxygens (including phenoxy) is 1. The molecule has 1 N–H and O–H groups in total. The lowest BCUT2D eigenvalue weighted by Gasteiger charge is -2.12. The molecule has 0 fully saturated rings. The first-order valence-electron chi connectivity index (χ1n) is 9.17. The van der Waals surface area contributed by atoms with Gasteiger partial charge in [0.05, 0.1) is 19.3 Å². The van der Waals surface area contributed by atoms with Crippen LogP contribution in [-0.4, -0.2) is 33.9 Å². The Morgan fingerprint density at radius 3 is 2.48 bits per heavy atom. The molecule has 0 aliphatic heterocycles. The Bertz CT molecular complexity index is 1150. The molecule has 2 aromatic carbocycles. The topological polar surface area (TPSA) is 95.2 Å². The summed E-state index contributed by atoms with van der Waals surface area (Å²) in [6.07, 6.45) is 0. The largest absolute Gasteiger partial charge is 0.497 e. The second-order valence-corrected chi connectivity index (χ2v) is 6.48. The molecule has 3 aromatic rings. The van der Waals surface area contributed by atoms with Crippen LogP contribution in [0, 0.1) is 6.92 Å². The Hall–Kier alpha value is -3.68. The summed E-state index contributed by atoms with van der Waals surface area (Å²) in [5.41, 5.74) is 0.499. The summed E-state index contributed by atoms with van der Waals surface area (Å²) in [6.45, 7) is 4.03. The highest BCUT2D eigenvalue weighted by Crippen LogP contribution is 2.13. The summed E-state index contributed by atoms with van der Waals surface area (Å²) in [5.74, 6) is -0.0171. The molecular formula is C21H22N4O4. The van der Waals surface area contributed by atoms with Gasteiger partial charge in [0.25, 0.3) is 11.5 Å². The van der Waals surface area contributed by atoms with Gasteiger partial charge in [-0.15, -0.1) is 0 Å². The molecule has 0 radical (unpaired) electrons. The van der Waals surface area contributed by atoms with Crippen LogP contribution in [0.4, 0.5) is 0 Å². The van der Waals surface area contributed by atoms with Crippen LogP contribution in [0.25, 0.3) is 5.69 Å². The van der Waals surface area contributed by atoms with Crippen LogP contribution in [-0.2, 0) is 6.54 Å². The number of nitrogens with one attached hydrogen (secondary N) is 1. The van der Waals surface area contributed by atoms with Crippen LogP contribution >= 0.6 is 0 Å². The van der Waals surface area contributed by atoms with Crippen LogP contribution in [0.15, 0.2) is 58.1 Å². The Labute approximate surface area is 167 Å². The molecule has 150 valence electrons. The number of aryl methyl sites for hydroxylation is 1. The summed E-state index contributed by atoms with van der Waals surface area (Å²) < 4.78 is 7.22. The molecule has 0 spiro atoms. The Morgan fingerprint density at radius 2 is 1.86 bits per heavy atom. The number of hydrogen-bond donors (Lipinski definition) is 1. The number of benzene rings is 2. The fraction of sp³-hybridized carbons (Fsp3) is 0.238. The van der Waals surface area contributed by atoms with Gasteiger partial charge in [-0.25, -0.2) is 4.79 Å². The van der Waals surface area contributed by atoms with Crippen molar-refractivity contribution in [3.05, 3.63) is 86.2 Å². The fourth-order valence-corrected chi connectivity index (χ4v) is 2.93. The zero-order valence-corrected chi connectivity index (χ0v) is 16.5. The second kappa shape index (κ2) is 8.55. The van der Waals surface area contributed by atoms with E-state index in [-0.39, 0.29) is 12.2 Å². The number of nitrogens with zero attached hydrogens (tertiary/aromatic N) is 3. The number of aromatic nitrogens is 3. The SMILES string of the molecule is CCNC(=O)c1nn(-c2ccc(OC)cc2)c(=O)n(Cc2cccc(C)c2)c1=O. The molecule has 8 nitrogen and oxygen atoms in total.